The van der Waals surface area contributed by atoms with E-state index < -0.39 is 18.5 Å². The minimum atomic E-state index is -0.662. The van der Waals surface area contributed by atoms with Crippen LogP contribution in [-0.4, -0.2) is 65.9 Å². The quantitative estimate of drug-likeness (QED) is 0.613. The predicted molar refractivity (Wildman–Crippen MR) is 108 cm³/mol. The molecule has 2 amide bonds. The maximum atomic E-state index is 13.1. The molecule has 0 bridgehead atoms. The van der Waals surface area contributed by atoms with Crippen LogP contribution in [0.25, 0.3) is 10.6 Å². The lowest BCUT2D eigenvalue weighted by Gasteiger charge is -2.23. The van der Waals surface area contributed by atoms with Crippen LogP contribution in [0.5, 0.6) is 0 Å². The van der Waals surface area contributed by atoms with Gasteiger partial charge in [-0.1, -0.05) is 0 Å². The van der Waals surface area contributed by atoms with Gasteiger partial charge in [-0.05, 0) is 45.0 Å². The number of carbonyl (C=O) groups excluding carboxylic acids is 3. The third-order valence-corrected chi connectivity index (χ3v) is 5.50. The molecule has 29 heavy (non-hydrogen) atoms. The summed E-state index contributed by atoms with van der Waals surface area (Å²) in [5.74, 6) is -1.66. The summed E-state index contributed by atoms with van der Waals surface area (Å²) in [4.78, 5) is 44.1. The first kappa shape index (κ1) is 22.5. The average molecular weight is 421 g/mol. The third-order valence-electron chi connectivity index (χ3n) is 4.31. The number of benzene rings is 1. The molecule has 0 atom stereocenters. The number of thiazole rings is 1. The summed E-state index contributed by atoms with van der Waals surface area (Å²) in [6.45, 7) is 5.97. The van der Waals surface area contributed by atoms with Crippen molar-refractivity contribution in [3.05, 3.63) is 40.7 Å². The highest BCUT2D eigenvalue weighted by molar-refractivity contribution is 7.17. The van der Waals surface area contributed by atoms with E-state index in [0.717, 1.165) is 11.3 Å². The summed E-state index contributed by atoms with van der Waals surface area (Å²) in [5, 5.41) is 0.558. The summed E-state index contributed by atoms with van der Waals surface area (Å²) >= 11 is 1.11. The molecule has 0 radical (unpaired) electrons. The molecule has 0 unspecified atom stereocenters. The Balaban J connectivity index is 1.96. The van der Waals surface area contributed by atoms with E-state index in [1.807, 2.05) is 13.8 Å². The SMILES string of the molecule is CCN(CC)C(=O)CN(C)C(=O)COC(=O)c1sc(-c2ccc(F)cc2)nc1C. The lowest BCUT2D eigenvalue weighted by Crippen LogP contribution is -2.42. The number of nitrogens with zero attached hydrogens (tertiary/aromatic N) is 3. The van der Waals surface area contributed by atoms with E-state index in [1.54, 1.807) is 24.0 Å². The zero-order valence-corrected chi connectivity index (χ0v) is 17.7. The van der Waals surface area contributed by atoms with Crippen LogP contribution < -0.4 is 0 Å². The Morgan fingerprint density at radius 3 is 2.31 bits per heavy atom. The molecule has 0 aliphatic rings. The molecule has 0 aliphatic carbocycles. The van der Waals surface area contributed by atoms with Gasteiger partial charge >= 0.3 is 5.97 Å². The van der Waals surface area contributed by atoms with Gasteiger partial charge in [-0.2, -0.15) is 0 Å². The molecule has 2 aromatic rings. The largest absolute Gasteiger partial charge is 0.451 e. The lowest BCUT2D eigenvalue weighted by atomic mass is 10.2. The van der Waals surface area contributed by atoms with Crippen LogP contribution in [0.15, 0.2) is 24.3 Å². The number of rotatable bonds is 8. The monoisotopic (exact) mass is 421 g/mol. The van der Waals surface area contributed by atoms with Gasteiger partial charge in [-0.15, -0.1) is 11.3 Å². The first-order valence-corrected chi connectivity index (χ1v) is 10.0. The highest BCUT2D eigenvalue weighted by Gasteiger charge is 2.21. The van der Waals surface area contributed by atoms with E-state index in [1.165, 1.54) is 24.1 Å². The minimum absolute atomic E-state index is 0.0770. The van der Waals surface area contributed by atoms with E-state index in [-0.39, 0.29) is 23.1 Å². The zero-order valence-electron chi connectivity index (χ0n) is 16.9. The van der Waals surface area contributed by atoms with Gasteiger partial charge in [0.15, 0.2) is 6.61 Å². The Kier molecular flexibility index (Phi) is 7.83. The molecular formula is C20H24FN3O4S. The molecule has 0 saturated heterocycles. The van der Waals surface area contributed by atoms with Crippen molar-refractivity contribution in [2.75, 3.05) is 33.3 Å². The van der Waals surface area contributed by atoms with Crippen LogP contribution >= 0.6 is 11.3 Å². The maximum Gasteiger partial charge on any atom is 0.350 e. The van der Waals surface area contributed by atoms with Gasteiger partial charge in [0.2, 0.25) is 5.91 Å². The molecule has 1 heterocycles. The summed E-state index contributed by atoms with van der Waals surface area (Å²) < 4.78 is 18.2. The molecular weight excluding hydrogens is 397 g/mol. The molecule has 2 rings (SSSR count). The Labute approximate surface area is 173 Å². The third kappa shape index (κ3) is 5.83. The van der Waals surface area contributed by atoms with Gasteiger partial charge in [0.1, 0.15) is 15.7 Å². The van der Waals surface area contributed by atoms with E-state index >= 15 is 0 Å². The molecule has 7 nitrogen and oxygen atoms in total. The number of esters is 1. The smallest absolute Gasteiger partial charge is 0.350 e. The fourth-order valence-electron chi connectivity index (χ4n) is 2.57. The van der Waals surface area contributed by atoms with Crippen molar-refractivity contribution in [2.45, 2.75) is 20.8 Å². The number of amides is 2. The van der Waals surface area contributed by atoms with Crippen LogP contribution in [-0.2, 0) is 14.3 Å². The second kappa shape index (κ2) is 10.1. The Morgan fingerprint density at radius 1 is 1.10 bits per heavy atom. The number of aromatic nitrogens is 1. The molecule has 0 saturated carbocycles. The van der Waals surface area contributed by atoms with E-state index in [9.17, 15) is 18.8 Å². The molecule has 1 aromatic heterocycles. The summed E-state index contributed by atoms with van der Waals surface area (Å²) in [7, 11) is 1.49. The predicted octanol–water partition coefficient (Wildman–Crippen LogP) is 2.74. The highest BCUT2D eigenvalue weighted by atomic mass is 32.1. The number of carbonyl (C=O) groups is 3. The molecule has 0 aliphatic heterocycles. The van der Waals surface area contributed by atoms with Crippen LogP contribution in [0.1, 0.15) is 29.2 Å². The van der Waals surface area contributed by atoms with Gasteiger partial charge in [-0.3, -0.25) is 9.59 Å². The Hall–Kier alpha value is -2.81. The molecule has 156 valence electrons. The molecule has 0 spiro atoms. The number of halogens is 1. The molecule has 9 heteroatoms. The highest BCUT2D eigenvalue weighted by Crippen LogP contribution is 2.28. The van der Waals surface area contributed by atoms with Crippen LogP contribution in [0.2, 0.25) is 0 Å². The second-order valence-corrected chi connectivity index (χ2v) is 7.33. The number of hydrogen-bond donors (Lipinski definition) is 0. The lowest BCUT2D eigenvalue weighted by molar-refractivity contribution is -0.140. The molecule has 1 aromatic carbocycles. The van der Waals surface area contributed by atoms with E-state index in [0.29, 0.717) is 29.4 Å². The Bertz CT molecular complexity index is 878. The Morgan fingerprint density at radius 2 is 1.72 bits per heavy atom. The van der Waals surface area contributed by atoms with Crippen molar-refractivity contribution in [2.24, 2.45) is 0 Å². The molecule has 0 N–H and O–H groups in total. The summed E-state index contributed by atoms with van der Waals surface area (Å²) in [6.07, 6.45) is 0. The number of hydrogen-bond acceptors (Lipinski definition) is 6. The van der Waals surface area contributed by atoms with Crippen LogP contribution in [0, 0.1) is 12.7 Å². The second-order valence-electron chi connectivity index (χ2n) is 6.33. The van der Waals surface area contributed by atoms with Gasteiger partial charge in [-0.25, -0.2) is 14.2 Å². The zero-order chi connectivity index (χ0) is 21.6. The van der Waals surface area contributed by atoms with Gasteiger partial charge in [0.05, 0.1) is 12.2 Å². The topological polar surface area (TPSA) is 79.8 Å². The normalized spacial score (nSPS) is 10.5. The molecule has 0 fully saturated rings. The van der Waals surface area contributed by atoms with E-state index in [4.69, 9.17) is 4.74 Å². The van der Waals surface area contributed by atoms with Gasteiger partial charge in [0.25, 0.3) is 5.91 Å². The van der Waals surface area contributed by atoms with Crippen LogP contribution in [0.4, 0.5) is 4.39 Å². The van der Waals surface area contributed by atoms with Crippen molar-refractivity contribution in [1.29, 1.82) is 0 Å². The first-order valence-electron chi connectivity index (χ1n) is 9.19. The van der Waals surface area contributed by atoms with Crippen molar-refractivity contribution in [3.63, 3.8) is 0 Å². The minimum Gasteiger partial charge on any atom is -0.451 e. The number of aryl methyl sites for hydroxylation is 1. The summed E-state index contributed by atoms with van der Waals surface area (Å²) in [5.41, 5.74) is 1.15. The first-order chi connectivity index (χ1) is 13.8. The maximum absolute atomic E-state index is 13.1. The fourth-order valence-corrected chi connectivity index (χ4v) is 3.54. The summed E-state index contributed by atoms with van der Waals surface area (Å²) in [6, 6.07) is 5.79. The van der Waals surface area contributed by atoms with Crippen molar-refractivity contribution < 1.29 is 23.5 Å². The van der Waals surface area contributed by atoms with Crippen LogP contribution in [0.3, 0.4) is 0 Å². The number of likely N-dealkylation sites (N-methyl/N-ethyl adjacent to an activating group) is 2. The standard InChI is InChI=1S/C20H24FN3O4S/c1-5-24(6-2)16(25)11-23(4)17(26)12-28-20(27)18-13(3)22-19(29-18)14-7-9-15(21)10-8-14/h7-10H,5-6,11-12H2,1-4H3. The average Bonchev–Trinajstić information content (AvgIpc) is 3.09. The number of ether oxygens (including phenoxy) is 1. The van der Waals surface area contributed by atoms with Gasteiger partial charge in [0, 0.05) is 25.7 Å². The van der Waals surface area contributed by atoms with Crippen molar-refractivity contribution >= 4 is 29.1 Å². The van der Waals surface area contributed by atoms with Crippen molar-refractivity contribution in [1.82, 2.24) is 14.8 Å². The van der Waals surface area contributed by atoms with E-state index in [2.05, 4.69) is 4.98 Å². The van der Waals surface area contributed by atoms with Gasteiger partial charge < -0.3 is 14.5 Å². The van der Waals surface area contributed by atoms with Crippen molar-refractivity contribution in [3.8, 4) is 10.6 Å². The fraction of sp³-hybridized carbons (Fsp3) is 0.400.